The summed E-state index contributed by atoms with van der Waals surface area (Å²) in [5.41, 5.74) is 2.86. The first-order valence-electron chi connectivity index (χ1n) is 10.1. The Morgan fingerprint density at radius 3 is 2.23 bits per heavy atom. The van der Waals surface area contributed by atoms with Gasteiger partial charge in [-0.3, -0.25) is 9.59 Å². The van der Waals surface area contributed by atoms with Crippen molar-refractivity contribution < 1.29 is 23.9 Å². The maximum absolute atomic E-state index is 13.2. The van der Waals surface area contributed by atoms with E-state index in [1.54, 1.807) is 11.8 Å². The fraction of sp³-hybridized carbons (Fsp3) is 0.458. The predicted octanol–water partition coefficient (Wildman–Crippen LogP) is 3.28. The summed E-state index contributed by atoms with van der Waals surface area (Å²) >= 11 is 0. The summed E-state index contributed by atoms with van der Waals surface area (Å²) in [5, 5.41) is 0. The van der Waals surface area contributed by atoms with E-state index < -0.39 is 17.5 Å². The molecule has 1 fully saturated rings. The summed E-state index contributed by atoms with van der Waals surface area (Å²) in [6.07, 6.45) is 1.34. The third-order valence-corrected chi connectivity index (χ3v) is 5.71. The van der Waals surface area contributed by atoms with Crippen molar-refractivity contribution in [2.75, 3.05) is 13.1 Å². The van der Waals surface area contributed by atoms with Crippen LogP contribution in [-0.2, 0) is 23.9 Å². The SMILES string of the molecule is CC#Cc1cc(C)c(C2=C(OC(C)=O)CC3(CCN(C(C)=O)CC3)OC2=O)c(C)c1. The van der Waals surface area contributed by atoms with E-state index in [9.17, 15) is 14.4 Å². The van der Waals surface area contributed by atoms with Gasteiger partial charge in [0.2, 0.25) is 5.91 Å². The van der Waals surface area contributed by atoms with Crippen molar-refractivity contribution in [3.63, 3.8) is 0 Å². The second kappa shape index (κ2) is 8.35. The summed E-state index contributed by atoms with van der Waals surface area (Å²) < 4.78 is 11.5. The number of likely N-dealkylation sites (tertiary alicyclic amines) is 1. The fourth-order valence-corrected chi connectivity index (χ4v) is 4.36. The molecule has 2 heterocycles. The van der Waals surface area contributed by atoms with Gasteiger partial charge in [0.05, 0.1) is 0 Å². The first-order valence-corrected chi connectivity index (χ1v) is 10.1. The minimum absolute atomic E-state index is 0.00458. The van der Waals surface area contributed by atoms with Crippen molar-refractivity contribution in [3.05, 3.63) is 40.1 Å². The van der Waals surface area contributed by atoms with Gasteiger partial charge in [-0.1, -0.05) is 5.92 Å². The van der Waals surface area contributed by atoms with Gasteiger partial charge >= 0.3 is 11.9 Å². The van der Waals surface area contributed by atoms with Crippen molar-refractivity contribution in [3.8, 4) is 11.8 Å². The molecular weight excluding hydrogens is 382 g/mol. The minimum atomic E-state index is -0.757. The van der Waals surface area contributed by atoms with Crippen LogP contribution in [0.1, 0.15) is 62.3 Å². The number of ether oxygens (including phenoxy) is 2. The van der Waals surface area contributed by atoms with Gasteiger partial charge in [0, 0.05) is 51.8 Å². The largest absolute Gasteiger partial charge is 0.455 e. The molecule has 1 aromatic rings. The molecule has 6 heteroatoms. The zero-order chi connectivity index (χ0) is 22.1. The van der Waals surface area contributed by atoms with Crippen LogP contribution in [0.15, 0.2) is 17.9 Å². The lowest BCUT2D eigenvalue weighted by molar-refractivity contribution is -0.163. The molecule has 0 aliphatic carbocycles. The molecule has 0 unspecified atom stereocenters. The highest BCUT2D eigenvalue weighted by Crippen LogP contribution is 2.42. The molecule has 0 bridgehead atoms. The van der Waals surface area contributed by atoms with Crippen molar-refractivity contribution in [1.82, 2.24) is 4.90 Å². The average Bonchev–Trinajstić information content (AvgIpc) is 2.63. The summed E-state index contributed by atoms with van der Waals surface area (Å²) in [7, 11) is 0. The van der Waals surface area contributed by atoms with Crippen LogP contribution >= 0.6 is 0 Å². The maximum atomic E-state index is 13.2. The molecule has 1 aromatic carbocycles. The minimum Gasteiger partial charge on any atom is -0.455 e. The molecule has 0 atom stereocenters. The van der Waals surface area contributed by atoms with Gasteiger partial charge in [-0.15, -0.1) is 5.92 Å². The molecule has 0 saturated carbocycles. The van der Waals surface area contributed by atoms with Crippen molar-refractivity contribution in [2.45, 2.75) is 59.5 Å². The standard InChI is InChI=1S/C24H27NO5/c1-6-7-19-12-15(2)21(16(3)13-19)22-20(29-18(5)27)14-24(30-23(22)28)8-10-25(11-9-24)17(4)26/h12-13H,8-11,14H2,1-5H3. The number of benzene rings is 1. The number of carbonyl (C=O) groups is 3. The third-order valence-electron chi connectivity index (χ3n) is 5.71. The van der Waals surface area contributed by atoms with Crippen molar-refractivity contribution in [1.29, 1.82) is 0 Å². The highest BCUT2D eigenvalue weighted by Gasteiger charge is 2.46. The van der Waals surface area contributed by atoms with Crippen LogP contribution < -0.4 is 0 Å². The van der Waals surface area contributed by atoms with Crippen molar-refractivity contribution in [2.24, 2.45) is 0 Å². The monoisotopic (exact) mass is 409 g/mol. The van der Waals surface area contributed by atoms with Crippen LogP contribution in [0.5, 0.6) is 0 Å². The lowest BCUT2D eigenvalue weighted by Crippen LogP contribution is -2.50. The van der Waals surface area contributed by atoms with E-state index >= 15 is 0 Å². The predicted molar refractivity (Wildman–Crippen MR) is 112 cm³/mol. The number of hydrogen-bond donors (Lipinski definition) is 0. The number of rotatable bonds is 2. The van der Waals surface area contributed by atoms with E-state index in [4.69, 9.17) is 9.47 Å². The van der Waals surface area contributed by atoms with Gasteiger partial charge in [0.15, 0.2) is 0 Å². The summed E-state index contributed by atoms with van der Waals surface area (Å²) in [5.74, 6) is 5.30. The Hall–Kier alpha value is -3.07. The molecule has 2 aliphatic rings. The third kappa shape index (κ3) is 4.25. The molecule has 6 nitrogen and oxygen atoms in total. The van der Waals surface area contributed by atoms with Crippen LogP contribution in [0.4, 0.5) is 0 Å². The molecule has 0 radical (unpaired) electrons. The number of carbonyl (C=O) groups excluding carboxylic acids is 3. The quantitative estimate of drug-likeness (QED) is 0.554. The van der Waals surface area contributed by atoms with Gasteiger partial charge < -0.3 is 14.4 Å². The molecule has 30 heavy (non-hydrogen) atoms. The maximum Gasteiger partial charge on any atom is 0.342 e. The van der Waals surface area contributed by atoms with E-state index in [0.717, 1.165) is 16.7 Å². The van der Waals surface area contributed by atoms with E-state index in [1.165, 1.54) is 13.8 Å². The Kier molecular flexibility index (Phi) is 6.02. The summed E-state index contributed by atoms with van der Waals surface area (Å²) in [6, 6.07) is 3.83. The highest BCUT2D eigenvalue weighted by molar-refractivity contribution is 6.19. The Morgan fingerprint density at radius 1 is 1.13 bits per heavy atom. The van der Waals surface area contributed by atoms with Gasteiger partial charge in [-0.05, 0) is 49.6 Å². The van der Waals surface area contributed by atoms with E-state index in [1.807, 2.05) is 26.0 Å². The average molecular weight is 409 g/mol. The number of aryl methyl sites for hydroxylation is 2. The Morgan fingerprint density at radius 2 is 1.73 bits per heavy atom. The molecule has 1 spiro atoms. The number of amides is 1. The van der Waals surface area contributed by atoms with Crippen LogP contribution in [-0.4, -0.2) is 41.4 Å². The zero-order valence-corrected chi connectivity index (χ0v) is 18.2. The lowest BCUT2D eigenvalue weighted by Gasteiger charge is -2.43. The molecule has 1 saturated heterocycles. The number of hydrogen-bond acceptors (Lipinski definition) is 5. The Balaban J connectivity index is 2.05. The molecule has 2 aliphatic heterocycles. The van der Waals surface area contributed by atoms with Crippen LogP contribution in [0.2, 0.25) is 0 Å². The van der Waals surface area contributed by atoms with E-state index in [0.29, 0.717) is 49.2 Å². The highest BCUT2D eigenvalue weighted by atomic mass is 16.6. The first-order chi connectivity index (χ1) is 14.2. The summed E-state index contributed by atoms with van der Waals surface area (Å²) in [6.45, 7) is 9.46. The van der Waals surface area contributed by atoms with Crippen LogP contribution in [0.3, 0.4) is 0 Å². The van der Waals surface area contributed by atoms with Gasteiger partial charge in [0.1, 0.15) is 16.9 Å². The normalized spacial score (nSPS) is 17.9. The van der Waals surface area contributed by atoms with Gasteiger partial charge in [-0.25, -0.2) is 4.79 Å². The molecular formula is C24H27NO5. The molecule has 158 valence electrons. The molecule has 0 N–H and O–H groups in total. The molecule has 1 amide bonds. The van der Waals surface area contributed by atoms with Crippen molar-refractivity contribution >= 4 is 23.4 Å². The topological polar surface area (TPSA) is 72.9 Å². The first kappa shape index (κ1) is 21.6. The van der Waals surface area contributed by atoms with E-state index in [2.05, 4.69) is 11.8 Å². The summed E-state index contributed by atoms with van der Waals surface area (Å²) in [4.78, 5) is 38.5. The zero-order valence-electron chi connectivity index (χ0n) is 18.2. The van der Waals surface area contributed by atoms with Gasteiger partial charge in [0.25, 0.3) is 0 Å². The van der Waals surface area contributed by atoms with Crippen LogP contribution in [0.25, 0.3) is 5.57 Å². The van der Waals surface area contributed by atoms with Crippen LogP contribution in [0, 0.1) is 25.7 Å². The smallest absolute Gasteiger partial charge is 0.342 e. The number of nitrogens with zero attached hydrogens (tertiary/aromatic N) is 1. The van der Waals surface area contributed by atoms with Gasteiger partial charge in [-0.2, -0.15) is 0 Å². The molecule has 0 aromatic heterocycles. The Bertz CT molecular complexity index is 977. The lowest BCUT2D eigenvalue weighted by atomic mass is 9.82. The second-order valence-corrected chi connectivity index (χ2v) is 8.01. The Labute approximate surface area is 177 Å². The molecule has 3 rings (SSSR count). The van der Waals surface area contributed by atoms with E-state index in [-0.39, 0.29) is 5.91 Å². The second-order valence-electron chi connectivity index (χ2n) is 8.01. The fourth-order valence-electron chi connectivity index (χ4n) is 4.36. The number of piperidine rings is 1. The number of esters is 2.